The minimum absolute atomic E-state index is 0.0480. The number of fused-ring (bicyclic) bond motifs is 1. The van der Waals surface area contributed by atoms with Crippen LogP contribution in [0.3, 0.4) is 0 Å². The third-order valence-corrected chi connectivity index (χ3v) is 6.28. The summed E-state index contributed by atoms with van der Waals surface area (Å²) in [6.07, 6.45) is -0.774. The summed E-state index contributed by atoms with van der Waals surface area (Å²) in [5.41, 5.74) is 2.90. The summed E-state index contributed by atoms with van der Waals surface area (Å²) in [6, 6.07) is 9.51. The molecule has 178 valence electrons. The summed E-state index contributed by atoms with van der Waals surface area (Å²) in [5, 5.41) is 11.2. The number of rotatable bonds is 6. The lowest BCUT2D eigenvalue weighted by Gasteiger charge is -2.43. The van der Waals surface area contributed by atoms with Gasteiger partial charge in [-0.1, -0.05) is 17.3 Å². The summed E-state index contributed by atoms with van der Waals surface area (Å²) >= 11 is 0. The van der Waals surface area contributed by atoms with Crippen LogP contribution in [0.2, 0.25) is 0 Å². The molecule has 2 saturated heterocycles. The molecule has 1 amide bonds. The molecule has 2 aromatic heterocycles. The largest absolute Gasteiger partial charge is 0.471 e. The van der Waals surface area contributed by atoms with Crippen LogP contribution in [0.4, 0.5) is 14.5 Å². The number of amides is 1. The molecule has 3 aromatic rings. The van der Waals surface area contributed by atoms with E-state index >= 15 is 0 Å². The van der Waals surface area contributed by atoms with Crippen molar-refractivity contribution in [1.29, 1.82) is 0 Å². The molecule has 2 aliphatic rings. The van der Waals surface area contributed by atoms with Gasteiger partial charge < -0.3 is 15.0 Å². The Labute approximate surface area is 195 Å². The average Bonchev–Trinajstić information content (AvgIpc) is 3.23. The SMILES string of the molecule is Cc1nnn(-c2ccc(C(F)F)cc2)c1COc1ccc(N2CCN3CCNC(=O)[C@@H]3C2)cn1. The molecule has 1 aromatic carbocycles. The van der Waals surface area contributed by atoms with Gasteiger partial charge in [0.2, 0.25) is 11.8 Å². The van der Waals surface area contributed by atoms with Gasteiger partial charge in [-0.2, -0.15) is 0 Å². The molecule has 1 atom stereocenters. The zero-order valence-corrected chi connectivity index (χ0v) is 18.7. The minimum Gasteiger partial charge on any atom is -0.471 e. The number of carbonyl (C=O) groups excluding carboxylic acids is 1. The fourth-order valence-electron chi connectivity index (χ4n) is 4.31. The van der Waals surface area contributed by atoms with Crippen LogP contribution < -0.4 is 15.0 Å². The van der Waals surface area contributed by atoms with Crippen LogP contribution in [0.1, 0.15) is 23.4 Å². The van der Waals surface area contributed by atoms with Gasteiger partial charge in [0.15, 0.2) is 0 Å². The van der Waals surface area contributed by atoms with Gasteiger partial charge >= 0.3 is 0 Å². The predicted molar refractivity (Wildman–Crippen MR) is 120 cm³/mol. The third-order valence-electron chi connectivity index (χ3n) is 6.28. The first-order chi connectivity index (χ1) is 16.5. The highest BCUT2D eigenvalue weighted by Crippen LogP contribution is 2.23. The maximum absolute atomic E-state index is 12.8. The van der Waals surface area contributed by atoms with E-state index in [1.165, 1.54) is 12.1 Å². The van der Waals surface area contributed by atoms with Gasteiger partial charge in [-0.25, -0.2) is 18.4 Å². The first-order valence-corrected chi connectivity index (χ1v) is 11.1. The van der Waals surface area contributed by atoms with E-state index in [-0.39, 0.29) is 24.1 Å². The molecule has 0 unspecified atom stereocenters. The number of nitrogens with one attached hydrogen (secondary N) is 1. The zero-order valence-electron chi connectivity index (χ0n) is 18.7. The summed E-state index contributed by atoms with van der Waals surface area (Å²) < 4.78 is 33.1. The van der Waals surface area contributed by atoms with Gasteiger partial charge in [0.05, 0.1) is 23.3 Å². The van der Waals surface area contributed by atoms with E-state index in [1.807, 2.05) is 13.0 Å². The second kappa shape index (κ2) is 9.34. The molecular formula is C23H25F2N7O2. The van der Waals surface area contributed by atoms with E-state index in [0.29, 0.717) is 36.0 Å². The Morgan fingerprint density at radius 2 is 1.91 bits per heavy atom. The van der Waals surface area contributed by atoms with E-state index in [0.717, 1.165) is 25.3 Å². The average molecular weight is 469 g/mol. The van der Waals surface area contributed by atoms with Crippen LogP contribution in [-0.4, -0.2) is 69.6 Å². The van der Waals surface area contributed by atoms with Gasteiger partial charge in [0, 0.05) is 44.4 Å². The maximum Gasteiger partial charge on any atom is 0.263 e. The zero-order chi connectivity index (χ0) is 23.7. The number of aromatic nitrogens is 4. The monoisotopic (exact) mass is 469 g/mol. The number of pyridine rings is 1. The van der Waals surface area contributed by atoms with Crippen molar-refractivity contribution in [3.05, 3.63) is 59.5 Å². The predicted octanol–water partition coefficient (Wildman–Crippen LogP) is 2.11. The Bertz CT molecular complexity index is 1150. The van der Waals surface area contributed by atoms with E-state index in [4.69, 9.17) is 4.74 Å². The van der Waals surface area contributed by atoms with Gasteiger partial charge in [-0.05, 0) is 25.1 Å². The van der Waals surface area contributed by atoms with Crippen molar-refractivity contribution in [3.8, 4) is 11.6 Å². The second-order valence-corrected chi connectivity index (χ2v) is 8.36. The number of halogens is 2. The number of piperazine rings is 2. The lowest BCUT2D eigenvalue weighted by atomic mass is 10.1. The first kappa shape index (κ1) is 22.2. The van der Waals surface area contributed by atoms with Crippen molar-refractivity contribution in [1.82, 2.24) is 30.2 Å². The van der Waals surface area contributed by atoms with E-state index in [9.17, 15) is 13.6 Å². The highest BCUT2D eigenvalue weighted by Gasteiger charge is 2.34. The second-order valence-electron chi connectivity index (χ2n) is 8.36. The molecule has 2 aliphatic heterocycles. The number of ether oxygens (including phenoxy) is 1. The van der Waals surface area contributed by atoms with Crippen LogP contribution in [0, 0.1) is 6.92 Å². The molecule has 0 saturated carbocycles. The molecular weight excluding hydrogens is 444 g/mol. The fourth-order valence-corrected chi connectivity index (χ4v) is 4.31. The van der Waals surface area contributed by atoms with E-state index < -0.39 is 6.43 Å². The Kier molecular flexibility index (Phi) is 6.10. The molecule has 2 fully saturated rings. The van der Waals surface area contributed by atoms with Crippen molar-refractivity contribution in [2.45, 2.75) is 26.0 Å². The molecule has 5 rings (SSSR count). The summed E-state index contributed by atoms with van der Waals surface area (Å²) in [5.74, 6) is 0.520. The van der Waals surface area contributed by atoms with Crippen molar-refractivity contribution in [2.24, 2.45) is 0 Å². The quantitative estimate of drug-likeness (QED) is 0.592. The molecule has 0 bridgehead atoms. The lowest BCUT2D eigenvalue weighted by Crippen LogP contribution is -2.63. The highest BCUT2D eigenvalue weighted by molar-refractivity contribution is 5.83. The van der Waals surface area contributed by atoms with Gasteiger partial charge in [0.25, 0.3) is 6.43 Å². The van der Waals surface area contributed by atoms with Crippen molar-refractivity contribution in [2.75, 3.05) is 37.6 Å². The third kappa shape index (κ3) is 4.43. The summed E-state index contributed by atoms with van der Waals surface area (Å²) in [7, 11) is 0. The Morgan fingerprint density at radius 3 is 2.65 bits per heavy atom. The smallest absolute Gasteiger partial charge is 0.263 e. The summed E-state index contributed by atoms with van der Waals surface area (Å²) in [4.78, 5) is 21.0. The van der Waals surface area contributed by atoms with E-state index in [2.05, 4.69) is 30.4 Å². The number of hydrogen-bond acceptors (Lipinski definition) is 7. The highest BCUT2D eigenvalue weighted by atomic mass is 19.3. The number of benzene rings is 1. The molecule has 0 aliphatic carbocycles. The van der Waals surface area contributed by atoms with Crippen molar-refractivity contribution >= 4 is 11.6 Å². The van der Waals surface area contributed by atoms with Crippen LogP contribution in [0.5, 0.6) is 5.88 Å². The number of carbonyl (C=O) groups is 1. The Balaban J connectivity index is 1.24. The standard InChI is InChI=1S/C23H25F2N7O2/c1-15-20(32(29-28-15)17-4-2-16(3-5-17)22(24)25)14-34-21-7-6-18(12-27-21)31-11-10-30-9-8-26-23(33)19(30)13-31/h2-7,12,19,22H,8-11,13-14H2,1H3,(H,26,33)/t19-/m0/s1. The number of anilines is 1. The van der Waals surface area contributed by atoms with Crippen LogP contribution in [-0.2, 0) is 11.4 Å². The molecule has 0 spiro atoms. The molecule has 0 radical (unpaired) electrons. The fraction of sp³-hybridized carbons (Fsp3) is 0.391. The van der Waals surface area contributed by atoms with Crippen molar-refractivity contribution in [3.63, 3.8) is 0 Å². The van der Waals surface area contributed by atoms with Crippen LogP contribution in [0.15, 0.2) is 42.6 Å². The summed E-state index contributed by atoms with van der Waals surface area (Å²) in [6.45, 7) is 5.87. The van der Waals surface area contributed by atoms with Gasteiger partial charge in [-0.3, -0.25) is 9.69 Å². The Morgan fingerprint density at radius 1 is 1.12 bits per heavy atom. The van der Waals surface area contributed by atoms with Crippen LogP contribution >= 0.6 is 0 Å². The Hall–Kier alpha value is -3.60. The minimum atomic E-state index is -2.52. The van der Waals surface area contributed by atoms with Gasteiger partial charge in [0.1, 0.15) is 18.3 Å². The number of nitrogens with zero attached hydrogens (tertiary/aromatic N) is 6. The lowest BCUT2D eigenvalue weighted by molar-refractivity contribution is -0.129. The molecule has 9 nitrogen and oxygen atoms in total. The van der Waals surface area contributed by atoms with E-state index in [1.54, 1.807) is 29.1 Å². The molecule has 11 heteroatoms. The number of alkyl halides is 2. The van der Waals surface area contributed by atoms with Crippen LogP contribution in [0.25, 0.3) is 5.69 Å². The topological polar surface area (TPSA) is 88.4 Å². The van der Waals surface area contributed by atoms with Gasteiger partial charge in [-0.15, -0.1) is 5.10 Å². The molecule has 34 heavy (non-hydrogen) atoms. The maximum atomic E-state index is 12.8. The number of hydrogen-bond donors (Lipinski definition) is 1. The first-order valence-electron chi connectivity index (χ1n) is 11.1. The number of aryl methyl sites for hydroxylation is 1. The normalized spacial score (nSPS) is 18.6. The molecule has 1 N–H and O–H groups in total. The van der Waals surface area contributed by atoms with Crippen molar-refractivity contribution < 1.29 is 18.3 Å². The molecule has 4 heterocycles.